The SMILES string of the molecule is CCCCC/C=C\C\C=C/C=C/C=C/[C@@H](SC[C@H](N)C(=O)N[C@@H](COP(=O)([O-])OCC[N+](C)(C)C)[C@H](O)/C=C/CCCCCCCCCCCCCC)[C@@H](O)CCCC(=O)O. The second-order valence-corrected chi connectivity index (χ2v) is 19.6. The number of amides is 1. The van der Waals surface area contributed by atoms with E-state index in [2.05, 4.69) is 31.3 Å². The van der Waals surface area contributed by atoms with E-state index < -0.39 is 55.8 Å². The molecule has 0 heterocycles. The Balaban J connectivity index is 5.43. The quantitative estimate of drug-likeness (QED) is 0.0129. The van der Waals surface area contributed by atoms with Crippen molar-refractivity contribution in [3.05, 3.63) is 60.8 Å². The molecule has 0 aliphatic heterocycles. The molecular formula is C47H86N3O9PS. The average molecular weight is 900 g/mol. The number of hydrogen-bond donors (Lipinski definition) is 5. The van der Waals surface area contributed by atoms with Crippen LogP contribution in [0.25, 0.3) is 0 Å². The van der Waals surface area contributed by atoms with E-state index in [1.54, 1.807) is 18.2 Å². The number of phosphoric acid groups is 1. The number of allylic oxidation sites excluding steroid dienone is 8. The van der Waals surface area contributed by atoms with Gasteiger partial charge in [0, 0.05) is 17.4 Å². The van der Waals surface area contributed by atoms with Gasteiger partial charge in [-0.3, -0.25) is 14.2 Å². The summed E-state index contributed by atoms with van der Waals surface area (Å²) in [6.07, 6.45) is 38.5. The number of aliphatic hydroxyl groups is 2. The summed E-state index contributed by atoms with van der Waals surface area (Å²) in [5.74, 6) is -1.49. The minimum atomic E-state index is -4.75. The van der Waals surface area contributed by atoms with E-state index >= 15 is 0 Å². The van der Waals surface area contributed by atoms with Crippen molar-refractivity contribution in [1.29, 1.82) is 0 Å². The summed E-state index contributed by atoms with van der Waals surface area (Å²) in [6, 6.07) is -2.22. The lowest BCUT2D eigenvalue weighted by Crippen LogP contribution is -2.52. The Morgan fingerprint density at radius 2 is 1.34 bits per heavy atom. The predicted molar refractivity (Wildman–Crippen MR) is 252 cm³/mol. The number of carbonyl (C=O) groups excluding carboxylic acids is 1. The molecule has 0 radical (unpaired) electrons. The molecule has 0 fully saturated rings. The third-order valence-corrected chi connectivity index (χ3v) is 12.4. The second-order valence-electron chi connectivity index (χ2n) is 17.0. The van der Waals surface area contributed by atoms with E-state index in [1.807, 2.05) is 51.5 Å². The maximum atomic E-state index is 13.4. The fraction of sp³-hybridized carbons (Fsp3) is 0.745. The molecular weight excluding hydrogens is 814 g/mol. The van der Waals surface area contributed by atoms with E-state index in [-0.39, 0.29) is 31.6 Å². The molecule has 0 aliphatic rings. The van der Waals surface area contributed by atoms with Crippen LogP contribution >= 0.6 is 19.6 Å². The van der Waals surface area contributed by atoms with E-state index in [0.29, 0.717) is 11.0 Å². The number of unbranched alkanes of at least 4 members (excludes halogenated alkanes) is 15. The maximum absolute atomic E-state index is 13.4. The lowest BCUT2D eigenvalue weighted by atomic mass is 10.0. The number of thioether (sulfide) groups is 1. The Morgan fingerprint density at radius 3 is 1.97 bits per heavy atom. The Labute approximate surface area is 374 Å². The number of hydrogen-bond acceptors (Lipinski definition) is 10. The van der Waals surface area contributed by atoms with Crippen molar-refractivity contribution in [1.82, 2.24) is 5.32 Å². The number of quaternary nitrogens is 1. The third kappa shape index (κ3) is 38.1. The summed E-state index contributed by atoms with van der Waals surface area (Å²) in [4.78, 5) is 37.1. The van der Waals surface area contributed by atoms with Crippen molar-refractivity contribution in [3.63, 3.8) is 0 Å². The monoisotopic (exact) mass is 900 g/mol. The predicted octanol–water partition coefficient (Wildman–Crippen LogP) is 8.93. The first kappa shape index (κ1) is 58.9. The largest absolute Gasteiger partial charge is 0.756 e. The topological polar surface area (TPSA) is 191 Å². The summed E-state index contributed by atoms with van der Waals surface area (Å²) in [5, 5.41) is 33.3. The maximum Gasteiger partial charge on any atom is 0.303 e. The molecule has 12 nitrogen and oxygen atoms in total. The van der Waals surface area contributed by atoms with Crippen LogP contribution in [0.4, 0.5) is 0 Å². The number of carboxylic acids is 1. The summed E-state index contributed by atoms with van der Waals surface area (Å²) in [7, 11) is 0.953. The number of carboxylic acid groups (broad SMARTS) is 1. The first-order valence-corrected chi connectivity index (χ1v) is 25.6. The van der Waals surface area contributed by atoms with Gasteiger partial charge in [-0.25, -0.2) is 0 Å². The molecule has 0 rings (SSSR count). The molecule has 0 aromatic rings. The molecule has 1 unspecified atom stereocenters. The van der Waals surface area contributed by atoms with Gasteiger partial charge in [0.25, 0.3) is 7.82 Å². The number of likely N-dealkylation sites (N-methyl/N-ethyl adjacent to an activating group) is 1. The Morgan fingerprint density at radius 1 is 0.770 bits per heavy atom. The first-order chi connectivity index (χ1) is 29.1. The van der Waals surface area contributed by atoms with Gasteiger partial charge in [-0.05, 0) is 44.9 Å². The first-order valence-electron chi connectivity index (χ1n) is 23.1. The normalized spacial score (nSPS) is 16.2. The minimum Gasteiger partial charge on any atom is -0.756 e. The molecule has 0 saturated heterocycles. The fourth-order valence-electron chi connectivity index (χ4n) is 6.10. The molecule has 6 atom stereocenters. The summed E-state index contributed by atoms with van der Waals surface area (Å²) < 4.78 is 23.3. The fourth-order valence-corrected chi connectivity index (χ4v) is 7.96. The number of nitrogens with zero attached hydrogens (tertiary/aromatic N) is 1. The van der Waals surface area contributed by atoms with Crippen molar-refractivity contribution in [2.75, 3.05) is 46.7 Å². The molecule has 354 valence electrons. The van der Waals surface area contributed by atoms with Crippen LogP contribution in [-0.4, -0.2) is 108 Å². The van der Waals surface area contributed by atoms with Gasteiger partial charge < -0.3 is 44.8 Å². The van der Waals surface area contributed by atoms with Gasteiger partial charge in [0.05, 0.1) is 52.0 Å². The molecule has 14 heteroatoms. The van der Waals surface area contributed by atoms with Crippen LogP contribution in [0.15, 0.2) is 60.8 Å². The van der Waals surface area contributed by atoms with E-state index in [4.69, 9.17) is 19.9 Å². The number of carbonyl (C=O) groups is 2. The number of nitrogens with one attached hydrogen (secondary N) is 1. The molecule has 0 aromatic carbocycles. The lowest BCUT2D eigenvalue weighted by Gasteiger charge is -2.30. The van der Waals surface area contributed by atoms with Gasteiger partial charge in [0.2, 0.25) is 5.91 Å². The molecule has 6 N–H and O–H groups in total. The number of phosphoric ester groups is 1. The summed E-state index contributed by atoms with van der Waals surface area (Å²) in [5.41, 5.74) is 6.31. The van der Waals surface area contributed by atoms with Crippen LogP contribution in [-0.2, 0) is 23.2 Å². The van der Waals surface area contributed by atoms with E-state index in [9.17, 15) is 29.3 Å². The van der Waals surface area contributed by atoms with Crippen LogP contribution < -0.4 is 15.9 Å². The zero-order valence-corrected chi connectivity index (χ0v) is 40.2. The lowest BCUT2D eigenvalue weighted by molar-refractivity contribution is -0.870. The highest BCUT2D eigenvalue weighted by molar-refractivity contribution is 8.00. The van der Waals surface area contributed by atoms with Crippen LogP contribution in [0.1, 0.15) is 149 Å². The standard InChI is InChI=1S/C47H86N3O9PS/c1-6-8-10-12-14-16-18-20-21-22-24-26-28-30-33-43(51)42(39-59-60(56,57)58-38-37-50(3,4)5)49-47(55)41(48)40-61-45(44(52)34-32-36-46(53)54)35-31-29-27-25-23-19-17-15-13-11-9-7-2/h15,17,23,25,27,29-31,33,35,41-45,51-52H,6-14,16,18-22,24,26,28,32,34,36-40,48H2,1-5H3,(H2-,49,53,54,55,56,57)/b17-15-,25-23-,29-27+,33-30+,35-31+/t41-,42-,43+,44-,45+/m0/s1. The van der Waals surface area contributed by atoms with Gasteiger partial charge >= 0.3 is 5.97 Å². The highest BCUT2D eigenvalue weighted by atomic mass is 32.2. The highest BCUT2D eigenvalue weighted by Gasteiger charge is 2.27. The Hall–Kier alpha value is -2.06. The van der Waals surface area contributed by atoms with Gasteiger partial charge in [-0.2, -0.15) is 0 Å². The molecule has 0 saturated carbocycles. The minimum absolute atomic E-state index is 0.0748. The zero-order valence-electron chi connectivity index (χ0n) is 38.5. The van der Waals surface area contributed by atoms with Crippen molar-refractivity contribution in [2.24, 2.45) is 5.73 Å². The van der Waals surface area contributed by atoms with Crippen molar-refractivity contribution < 1.29 is 47.9 Å². The number of aliphatic carboxylic acids is 1. The van der Waals surface area contributed by atoms with Crippen molar-refractivity contribution in [2.45, 2.75) is 178 Å². The number of aliphatic hydroxyl groups excluding tert-OH is 2. The smallest absolute Gasteiger partial charge is 0.303 e. The molecule has 1 amide bonds. The van der Waals surface area contributed by atoms with Crippen LogP contribution in [0.5, 0.6) is 0 Å². The van der Waals surface area contributed by atoms with E-state index in [0.717, 1.165) is 38.5 Å². The zero-order chi connectivity index (χ0) is 45.6. The van der Waals surface area contributed by atoms with Gasteiger partial charge in [0.15, 0.2) is 0 Å². The number of rotatable bonds is 41. The van der Waals surface area contributed by atoms with Gasteiger partial charge in [0.1, 0.15) is 13.2 Å². The summed E-state index contributed by atoms with van der Waals surface area (Å²) >= 11 is 1.25. The molecule has 0 aliphatic carbocycles. The average Bonchev–Trinajstić information content (AvgIpc) is 3.19. The highest BCUT2D eigenvalue weighted by Crippen LogP contribution is 2.38. The number of nitrogens with two attached hydrogens (primary N) is 1. The second kappa shape index (κ2) is 38.4. The van der Waals surface area contributed by atoms with Gasteiger partial charge in [-0.15, -0.1) is 11.8 Å². The summed E-state index contributed by atoms with van der Waals surface area (Å²) in [6.45, 7) is 4.19. The third-order valence-electron chi connectivity index (χ3n) is 9.98. The van der Waals surface area contributed by atoms with Gasteiger partial charge in [-0.1, -0.05) is 158 Å². The Kier molecular flexibility index (Phi) is 37.1. The van der Waals surface area contributed by atoms with Crippen molar-refractivity contribution >= 4 is 31.5 Å². The molecule has 0 aromatic heterocycles. The molecule has 0 bridgehead atoms. The molecule has 0 spiro atoms. The Bertz CT molecular complexity index is 1300. The van der Waals surface area contributed by atoms with Crippen LogP contribution in [0.3, 0.4) is 0 Å². The van der Waals surface area contributed by atoms with Crippen LogP contribution in [0.2, 0.25) is 0 Å². The van der Waals surface area contributed by atoms with Crippen LogP contribution in [0, 0.1) is 0 Å². The van der Waals surface area contributed by atoms with Crippen molar-refractivity contribution in [3.8, 4) is 0 Å². The van der Waals surface area contributed by atoms with E-state index in [1.165, 1.54) is 88.8 Å². The molecule has 61 heavy (non-hydrogen) atoms.